The average molecular weight is 303 g/mol. The van der Waals surface area contributed by atoms with E-state index in [9.17, 15) is 13.2 Å². The molecule has 112 valence electrons. The van der Waals surface area contributed by atoms with Crippen molar-refractivity contribution in [3.63, 3.8) is 0 Å². The summed E-state index contributed by atoms with van der Waals surface area (Å²) in [6, 6.07) is 7.20. The van der Waals surface area contributed by atoms with E-state index in [4.69, 9.17) is 5.73 Å². The minimum absolute atomic E-state index is 0.128. The van der Waals surface area contributed by atoms with E-state index in [0.29, 0.717) is 23.3 Å². The van der Waals surface area contributed by atoms with Crippen LogP contribution in [0.25, 0.3) is 22.4 Å². The predicted molar refractivity (Wildman–Crippen MR) is 79.7 cm³/mol. The third-order valence-electron chi connectivity index (χ3n) is 3.40. The van der Waals surface area contributed by atoms with E-state index in [0.717, 1.165) is 12.1 Å². The number of fused-ring (bicyclic) bond motifs is 1. The fraction of sp³-hybridized carbons (Fsp3) is 0.0625. The van der Waals surface area contributed by atoms with Crippen molar-refractivity contribution >= 4 is 16.7 Å². The number of nitrogens with two attached hydrogens (primary N) is 1. The number of halogens is 3. The minimum Gasteiger partial charge on any atom is -0.397 e. The fourth-order valence-electron chi connectivity index (χ4n) is 2.39. The van der Waals surface area contributed by atoms with Gasteiger partial charge < -0.3 is 10.3 Å². The summed E-state index contributed by atoms with van der Waals surface area (Å²) < 4.78 is 42.3. The van der Waals surface area contributed by atoms with E-state index in [1.807, 2.05) is 0 Å². The van der Waals surface area contributed by atoms with E-state index in [1.54, 1.807) is 28.8 Å². The first-order chi connectivity index (χ1) is 10.5. The predicted octanol–water partition coefficient (Wildman–Crippen LogP) is 3.89. The molecule has 3 rings (SSSR count). The van der Waals surface area contributed by atoms with Crippen molar-refractivity contribution in [2.75, 3.05) is 5.73 Å². The number of benzene rings is 2. The molecule has 0 bridgehead atoms. The molecule has 0 saturated heterocycles. The second kappa shape index (κ2) is 5.22. The number of hydrogen-bond acceptors (Lipinski definition) is 2. The monoisotopic (exact) mass is 303 g/mol. The van der Waals surface area contributed by atoms with E-state index >= 15 is 0 Å². The quantitative estimate of drug-likeness (QED) is 0.453. The molecule has 0 aliphatic rings. The number of allylic oxidation sites excluding steroid dienone is 1. The molecule has 1 aromatic heterocycles. The highest BCUT2D eigenvalue weighted by Gasteiger charge is 2.20. The summed E-state index contributed by atoms with van der Waals surface area (Å²) in [6.45, 7) is 3.97. The van der Waals surface area contributed by atoms with Crippen molar-refractivity contribution in [1.82, 2.24) is 9.55 Å². The molecule has 3 aromatic rings. The van der Waals surface area contributed by atoms with Crippen LogP contribution in [0.5, 0.6) is 0 Å². The van der Waals surface area contributed by atoms with Gasteiger partial charge in [0, 0.05) is 6.54 Å². The van der Waals surface area contributed by atoms with Crippen molar-refractivity contribution < 1.29 is 13.2 Å². The molecule has 0 saturated carbocycles. The van der Waals surface area contributed by atoms with Crippen LogP contribution in [-0.2, 0) is 6.54 Å². The summed E-state index contributed by atoms with van der Waals surface area (Å²) in [6.07, 6.45) is 1.60. The highest BCUT2D eigenvalue weighted by atomic mass is 19.2. The Hall–Kier alpha value is -2.76. The van der Waals surface area contributed by atoms with Crippen molar-refractivity contribution in [2.45, 2.75) is 6.54 Å². The molecule has 6 heteroatoms. The van der Waals surface area contributed by atoms with Crippen LogP contribution in [-0.4, -0.2) is 9.55 Å². The van der Waals surface area contributed by atoms with Crippen LogP contribution in [0, 0.1) is 17.5 Å². The second-order valence-electron chi connectivity index (χ2n) is 4.77. The number of anilines is 1. The first kappa shape index (κ1) is 14.2. The highest BCUT2D eigenvalue weighted by Crippen LogP contribution is 2.30. The number of para-hydroxylation sites is 1. The van der Waals surface area contributed by atoms with Gasteiger partial charge in [-0.3, -0.25) is 0 Å². The van der Waals surface area contributed by atoms with Gasteiger partial charge in [0.1, 0.15) is 11.3 Å². The summed E-state index contributed by atoms with van der Waals surface area (Å²) >= 11 is 0. The maximum Gasteiger partial charge on any atom is 0.195 e. The van der Waals surface area contributed by atoms with Crippen LogP contribution in [0.1, 0.15) is 0 Å². The van der Waals surface area contributed by atoms with Crippen LogP contribution >= 0.6 is 0 Å². The third-order valence-corrected chi connectivity index (χ3v) is 3.40. The number of nitrogen functional groups attached to an aromatic ring is 1. The van der Waals surface area contributed by atoms with Crippen molar-refractivity contribution in [1.29, 1.82) is 0 Å². The van der Waals surface area contributed by atoms with E-state index in [2.05, 4.69) is 11.6 Å². The Balaban J connectivity index is 2.35. The Morgan fingerprint density at radius 2 is 1.91 bits per heavy atom. The van der Waals surface area contributed by atoms with Gasteiger partial charge in [-0.05, 0) is 24.3 Å². The van der Waals surface area contributed by atoms with Gasteiger partial charge in [0.15, 0.2) is 17.5 Å². The Morgan fingerprint density at radius 3 is 2.64 bits per heavy atom. The number of aromatic nitrogens is 2. The zero-order valence-corrected chi connectivity index (χ0v) is 11.5. The first-order valence-electron chi connectivity index (χ1n) is 6.54. The molecule has 22 heavy (non-hydrogen) atoms. The molecule has 0 radical (unpaired) electrons. The SMILES string of the molecule is C=CCn1c(-c2ccc(F)c(F)c2F)nc2c(N)cccc21. The number of nitrogens with zero attached hydrogens (tertiary/aromatic N) is 2. The topological polar surface area (TPSA) is 43.8 Å². The molecular weight excluding hydrogens is 291 g/mol. The Kier molecular flexibility index (Phi) is 3.36. The van der Waals surface area contributed by atoms with Gasteiger partial charge in [0.05, 0.1) is 16.8 Å². The first-order valence-corrected chi connectivity index (χ1v) is 6.54. The zero-order chi connectivity index (χ0) is 15.9. The molecule has 0 amide bonds. The second-order valence-corrected chi connectivity index (χ2v) is 4.77. The molecule has 0 unspecified atom stereocenters. The third kappa shape index (κ3) is 2.04. The largest absolute Gasteiger partial charge is 0.397 e. The molecule has 2 N–H and O–H groups in total. The molecule has 3 nitrogen and oxygen atoms in total. The lowest BCUT2D eigenvalue weighted by Crippen LogP contribution is -2.02. The lowest BCUT2D eigenvalue weighted by Gasteiger charge is -2.08. The molecule has 0 aliphatic carbocycles. The minimum atomic E-state index is -1.53. The molecule has 0 spiro atoms. The van der Waals surface area contributed by atoms with Crippen LogP contribution in [0.3, 0.4) is 0 Å². The van der Waals surface area contributed by atoms with Gasteiger partial charge in [-0.25, -0.2) is 18.2 Å². The summed E-state index contributed by atoms with van der Waals surface area (Å²) in [5.41, 5.74) is 7.31. The van der Waals surface area contributed by atoms with Gasteiger partial charge in [-0.1, -0.05) is 12.1 Å². The van der Waals surface area contributed by atoms with Gasteiger partial charge in [-0.15, -0.1) is 6.58 Å². The van der Waals surface area contributed by atoms with Crippen LogP contribution < -0.4 is 5.73 Å². The summed E-state index contributed by atoms with van der Waals surface area (Å²) in [5.74, 6) is -3.88. The summed E-state index contributed by atoms with van der Waals surface area (Å²) in [5, 5.41) is 0. The maximum absolute atomic E-state index is 14.1. The maximum atomic E-state index is 14.1. The van der Waals surface area contributed by atoms with Crippen molar-refractivity contribution in [3.8, 4) is 11.4 Å². The summed E-state index contributed by atoms with van der Waals surface area (Å²) in [4.78, 5) is 4.29. The van der Waals surface area contributed by atoms with E-state index in [-0.39, 0.29) is 11.4 Å². The van der Waals surface area contributed by atoms with Crippen LogP contribution in [0.4, 0.5) is 18.9 Å². The zero-order valence-electron chi connectivity index (χ0n) is 11.5. The lowest BCUT2D eigenvalue weighted by molar-refractivity contribution is 0.448. The lowest BCUT2D eigenvalue weighted by atomic mass is 10.2. The molecule has 0 aliphatic heterocycles. The van der Waals surface area contributed by atoms with Gasteiger partial charge >= 0.3 is 0 Å². The van der Waals surface area contributed by atoms with Crippen LogP contribution in [0.2, 0.25) is 0 Å². The number of hydrogen-bond donors (Lipinski definition) is 1. The number of imidazole rings is 1. The van der Waals surface area contributed by atoms with Crippen molar-refractivity contribution in [2.24, 2.45) is 0 Å². The smallest absolute Gasteiger partial charge is 0.195 e. The molecule has 2 aromatic carbocycles. The van der Waals surface area contributed by atoms with Gasteiger partial charge in [0.2, 0.25) is 0 Å². The molecular formula is C16H12F3N3. The van der Waals surface area contributed by atoms with Crippen LogP contribution in [0.15, 0.2) is 43.0 Å². The summed E-state index contributed by atoms with van der Waals surface area (Å²) in [7, 11) is 0. The Bertz CT molecular complexity index is 884. The van der Waals surface area contributed by atoms with Crippen molar-refractivity contribution in [3.05, 3.63) is 60.4 Å². The molecule has 1 heterocycles. The van der Waals surface area contributed by atoms with Gasteiger partial charge in [-0.2, -0.15) is 0 Å². The highest BCUT2D eigenvalue weighted by molar-refractivity contribution is 5.90. The Labute approximate surface area is 124 Å². The van der Waals surface area contributed by atoms with E-state index in [1.165, 1.54) is 0 Å². The molecule has 0 atom stereocenters. The standard InChI is InChI=1S/C16H12F3N3/c1-2-8-22-12-5-3-4-11(20)15(12)21-16(22)9-6-7-10(17)14(19)13(9)18/h2-7H,1,8,20H2. The average Bonchev–Trinajstić information content (AvgIpc) is 2.86. The van der Waals surface area contributed by atoms with Gasteiger partial charge in [0.25, 0.3) is 0 Å². The Morgan fingerprint density at radius 1 is 1.14 bits per heavy atom. The molecule has 0 fully saturated rings. The number of rotatable bonds is 3. The van der Waals surface area contributed by atoms with E-state index < -0.39 is 17.5 Å². The normalized spacial score (nSPS) is 11.0. The fourth-order valence-corrected chi connectivity index (χ4v) is 2.39.